The summed E-state index contributed by atoms with van der Waals surface area (Å²) in [5, 5.41) is 10.7. The molecule has 0 saturated carbocycles. The average molecular weight is 352 g/mol. The molecule has 0 fully saturated rings. The number of fused-ring (bicyclic) bond motifs is 1. The van der Waals surface area contributed by atoms with E-state index in [0.29, 0.717) is 23.4 Å². The minimum absolute atomic E-state index is 0.00665. The summed E-state index contributed by atoms with van der Waals surface area (Å²) in [4.78, 5) is 12.7. The molecule has 0 saturated heterocycles. The van der Waals surface area contributed by atoms with Crippen LogP contribution in [0, 0.1) is 0 Å². The highest BCUT2D eigenvalue weighted by atomic mass is 28.4. The van der Waals surface area contributed by atoms with E-state index in [4.69, 9.17) is 10.2 Å². The summed E-state index contributed by atoms with van der Waals surface area (Å²) in [5.41, 5.74) is 6.06. The first-order valence-corrected chi connectivity index (χ1v) is 11.2. The number of hydrogen-bond acceptors (Lipinski definition) is 6. The van der Waals surface area contributed by atoms with Crippen LogP contribution in [-0.2, 0) is 10.2 Å². The van der Waals surface area contributed by atoms with Crippen LogP contribution in [0.25, 0.3) is 11.2 Å². The zero-order valence-corrected chi connectivity index (χ0v) is 16.7. The van der Waals surface area contributed by atoms with Crippen molar-refractivity contribution in [2.75, 3.05) is 5.73 Å². The van der Waals surface area contributed by atoms with Crippen molar-refractivity contribution in [1.82, 2.24) is 19.5 Å². The zero-order chi connectivity index (χ0) is 18.3. The lowest BCUT2D eigenvalue weighted by Crippen LogP contribution is -2.55. The van der Waals surface area contributed by atoms with Crippen LogP contribution in [0.1, 0.15) is 41.0 Å². The van der Waals surface area contributed by atoms with Gasteiger partial charge in [-0.3, -0.25) is 4.57 Å². The summed E-state index contributed by atoms with van der Waals surface area (Å²) in [7, 11) is -2.16. The standard InChI is InChI=1S/C16H29N5O2Si/c1-8-16(11(2)22,23-24(6,7)15(3,4)5)21-10-20-12-13(17)18-9-19-14(12)21/h9-11,22H,8H2,1-7H3,(H2,17,18,19). The highest BCUT2D eigenvalue weighted by Gasteiger charge is 2.48. The van der Waals surface area contributed by atoms with Crippen molar-refractivity contribution < 1.29 is 9.53 Å². The monoisotopic (exact) mass is 351 g/mol. The number of nitrogens with zero attached hydrogens (tertiary/aromatic N) is 4. The number of aromatic nitrogens is 4. The average Bonchev–Trinajstić information content (AvgIpc) is 2.89. The molecule has 2 heterocycles. The highest BCUT2D eigenvalue weighted by Crippen LogP contribution is 2.43. The van der Waals surface area contributed by atoms with E-state index in [2.05, 4.69) is 48.8 Å². The van der Waals surface area contributed by atoms with E-state index in [0.717, 1.165) is 0 Å². The summed E-state index contributed by atoms with van der Waals surface area (Å²) >= 11 is 0. The van der Waals surface area contributed by atoms with Crippen LogP contribution in [0.5, 0.6) is 0 Å². The zero-order valence-electron chi connectivity index (χ0n) is 15.7. The molecule has 0 amide bonds. The molecule has 0 aliphatic carbocycles. The molecule has 24 heavy (non-hydrogen) atoms. The predicted molar refractivity (Wildman–Crippen MR) is 98.0 cm³/mol. The lowest BCUT2D eigenvalue weighted by atomic mass is 10.1. The molecule has 2 unspecified atom stereocenters. The summed E-state index contributed by atoms with van der Waals surface area (Å²) in [6.07, 6.45) is 2.88. The molecule has 2 rings (SSSR count). The number of aliphatic hydroxyl groups excluding tert-OH is 1. The quantitative estimate of drug-likeness (QED) is 0.804. The first kappa shape index (κ1) is 18.8. The van der Waals surface area contributed by atoms with Gasteiger partial charge in [-0.1, -0.05) is 27.7 Å². The Kier molecular flexibility index (Phi) is 4.77. The van der Waals surface area contributed by atoms with Crippen LogP contribution in [0.15, 0.2) is 12.7 Å². The van der Waals surface area contributed by atoms with Gasteiger partial charge in [-0.05, 0) is 31.5 Å². The molecule has 0 aromatic carbocycles. The lowest BCUT2D eigenvalue weighted by molar-refractivity contribution is -0.115. The maximum absolute atomic E-state index is 10.7. The van der Waals surface area contributed by atoms with Crippen LogP contribution < -0.4 is 5.73 Å². The Hall–Kier alpha value is -1.51. The fraction of sp³-hybridized carbons (Fsp3) is 0.688. The Bertz CT molecular complexity index is 723. The Morgan fingerprint density at radius 1 is 1.29 bits per heavy atom. The third-order valence-corrected chi connectivity index (χ3v) is 9.64. The molecule has 134 valence electrons. The van der Waals surface area contributed by atoms with Crippen LogP contribution in [0.2, 0.25) is 18.1 Å². The second-order valence-corrected chi connectivity index (χ2v) is 12.5. The van der Waals surface area contributed by atoms with E-state index >= 15 is 0 Å². The third kappa shape index (κ3) is 2.93. The van der Waals surface area contributed by atoms with E-state index in [1.54, 1.807) is 13.3 Å². The van der Waals surface area contributed by atoms with E-state index in [9.17, 15) is 5.11 Å². The Morgan fingerprint density at radius 2 is 1.92 bits per heavy atom. The minimum atomic E-state index is -2.16. The Morgan fingerprint density at radius 3 is 2.42 bits per heavy atom. The summed E-state index contributed by atoms with van der Waals surface area (Å²) in [6.45, 7) is 14.6. The van der Waals surface area contributed by atoms with Gasteiger partial charge in [0.25, 0.3) is 0 Å². The fourth-order valence-electron chi connectivity index (χ4n) is 2.60. The van der Waals surface area contributed by atoms with E-state index in [-0.39, 0.29) is 5.04 Å². The number of aliphatic hydroxyl groups is 1. The van der Waals surface area contributed by atoms with E-state index < -0.39 is 20.1 Å². The van der Waals surface area contributed by atoms with Gasteiger partial charge in [-0.15, -0.1) is 0 Å². The molecule has 0 aliphatic heterocycles. The number of imidazole rings is 1. The van der Waals surface area contributed by atoms with Gasteiger partial charge in [-0.2, -0.15) is 0 Å². The first-order valence-electron chi connectivity index (χ1n) is 8.28. The molecular weight excluding hydrogens is 322 g/mol. The maximum Gasteiger partial charge on any atom is 0.195 e. The van der Waals surface area contributed by atoms with Gasteiger partial charge >= 0.3 is 0 Å². The van der Waals surface area contributed by atoms with Gasteiger partial charge < -0.3 is 15.3 Å². The Labute approximate surface area is 144 Å². The van der Waals surface area contributed by atoms with E-state index in [1.807, 2.05) is 11.5 Å². The maximum atomic E-state index is 10.7. The predicted octanol–water partition coefficient (Wildman–Crippen LogP) is 2.87. The van der Waals surface area contributed by atoms with Gasteiger partial charge in [0.05, 0.1) is 12.4 Å². The van der Waals surface area contributed by atoms with Crippen LogP contribution in [-0.4, -0.2) is 39.0 Å². The molecule has 0 bridgehead atoms. The molecule has 7 nitrogen and oxygen atoms in total. The molecule has 2 atom stereocenters. The third-order valence-electron chi connectivity index (χ3n) is 5.17. The molecule has 2 aromatic heterocycles. The summed E-state index contributed by atoms with van der Waals surface area (Å²) < 4.78 is 8.51. The van der Waals surface area contributed by atoms with Crippen LogP contribution in [0.4, 0.5) is 5.82 Å². The van der Waals surface area contributed by atoms with Crippen molar-refractivity contribution in [3.8, 4) is 0 Å². The van der Waals surface area contributed by atoms with Gasteiger partial charge in [-0.25, -0.2) is 15.0 Å². The summed E-state index contributed by atoms with van der Waals surface area (Å²) in [6, 6.07) is 0. The normalized spacial score (nSPS) is 17.0. The second-order valence-electron chi connectivity index (χ2n) is 7.78. The van der Waals surface area contributed by atoms with Gasteiger partial charge in [0.15, 0.2) is 25.5 Å². The molecular formula is C16H29N5O2Si. The molecule has 0 spiro atoms. The Balaban J connectivity index is 2.66. The van der Waals surface area contributed by atoms with Crippen molar-refractivity contribution in [3.05, 3.63) is 12.7 Å². The van der Waals surface area contributed by atoms with Crippen molar-refractivity contribution in [2.24, 2.45) is 0 Å². The van der Waals surface area contributed by atoms with Crippen molar-refractivity contribution in [3.63, 3.8) is 0 Å². The van der Waals surface area contributed by atoms with Crippen LogP contribution in [0.3, 0.4) is 0 Å². The van der Waals surface area contributed by atoms with Crippen molar-refractivity contribution in [2.45, 2.75) is 71.0 Å². The van der Waals surface area contributed by atoms with Gasteiger partial charge in [0.1, 0.15) is 11.8 Å². The van der Waals surface area contributed by atoms with Gasteiger partial charge in [0, 0.05) is 0 Å². The number of rotatable bonds is 5. The van der Waals surface area contributed by atoms with E-state index in [1.165, 1.54) is 6.33 Å². The first-order chi connectivity index (χ1) is 11.0. The molecule has 0 aliphatic rings. The van der Waals surface area contributed by atoms with Crippen molar-refractivity contribution in [1.29, 1.82) is 0 Å². The lowest BCUT2D eigenvalue weighted by Gasteiger charge is -2.47. The topological polar surface area (TPSA) is 99.1 Å². The number of nitrogen functional groups attached to an aromatic ring is 1. The second kappa shape index (κ2) is 6.09. The van der Waals surface area contributed by atoms with Crippen molar-refractivity contribution >= 4 is 25.3 Å². The smallest absolute Gasteiger partial charge is 0.195 e. The number of anilines is 1. The minimum Gasteiger partial charge on any atom is -0.392 e. The number of nitrogens with two attached hydrogens (primary N) is 1. The van der Waals surface area contributed by atoms with Gasteiger partial charge in [0.2, 0.25) is 0 Å². The molecule has 2 aromatic rings. The largest absolute Gasteiger partial charge is 0.392 e. The highest BCUT2D eigenvalue weighted by molar-refractivity contribution is 6.74. The fourth-order valence-corrected chi connectivity index (χ4v) is 4.20. The molecule has 3 N–H and O–H groups in total. The SMILES string of the molecule is CCC(O[Si](C)(C)C(C)(C)C)(C(C)O)n1cnc2c(N)ncnc21. The van der Waals surface area contributed by atoms with Crippen LogP contribution >= 0.6 is 0 Å². The molecule has 8 heteroatoms. The number of hydrogen-bond donors (Lipinski definition) is 2. The molecule has 0 radical (unpaired) electrons. The summed E-state index contributed by atoms with van der Waals surface area (Å²) in [5.74, 6) is 0.321.